The highest BCUT2D eigenvalue weighted by molar-refractivity contribution is 5.77. The van der Waals surface area contributed by atoms with Gasteiger partial charge in [0.15, 0.2) is 5.41 Å². The van der Waals surface area contributed by atoms with Crippen molar-refractivity contribution in [1.82, 2.24) is 0 Å². The zero-order chi connectivity index (χ0) is 9.99. The highest BCUT2D eigenvalue weighted by Gasteiger charge is 2.56. The van der Waals surface area contributed by atoms with Gasteiger partial charge in [0.1, 0.15) is 0 Å². The van der Waals surface area contributed by atoms with Crippen LogP contribution in [0, 0.1) is 5.41 Å². The van der Waals surface area contributed by atoms with Crippen LogP contribution in [0.5, 0.6) is 0 Å². The fraction of sp³-hybridized carbons (Fsp3) is 0.857. The Morgan fingerprint density at radius 3 is 1.92 bits per heavy atom. The van der Waals surface area contributed by atoms with Crippen LogP contribution < -0.4 is 0 Å². The summed E-state index contributed by atoms with van der Waals surface area (Å²) in [5, 5.41) is 0. The molecule has 0 amide bonds. The number of esters is 1. The van der Waals surface area contributed by atoms with Crippen LogP contribution in [0.1, 0.15) is 20.3 Å². The van der Waals surface area contributed by atoms with Crippen molar-refractivity contribution in [3.05, 3.63) is 0 Å². The summed E-state index contributed by atoms with van der Waals surface area (Å²) in [6.07, 6.45) is -4.86. The van der Waals surface area contributed by atoms with E-state index in [1.807, 2.05) is 0 Å². The Morgan fingerprint density at radius 1 is 1.42 bits per heavy atom. The molecule has 0 heterocycles. The lowest BCUT2D eigenvalue weighted by molar-refractivity contribution is -0.229. The smallest absolute Gasteiger partial charge is 0.404 e. The van der Waals surface area contributed by atoms with Crippen molar-refractivity contribution in [1.29, 1.82) is 0 Å². The van der Waals surface area contributed by atoms with Gasteiger partial charge in [-0.15, -0.1) is 0 Å². The molecule has 0 N–H and O–H groups in total. The van der Waals surface area contributed by atoms with Crippen LogP contribution in [0.25, 0.3) is 0 Å². The van der Waals surface area contributed by atoms with Gasteiger partial charge in [0.2, 0.25) is 0 Å². The van der Waals surface area contributed by atoms with Crippen molar-refractivity contribution in [2.75, 3.05) is 7.11 Å². The zero-order valence-corrected chi connectivity index (χ0v) is 7.16. The van der Waals surface area contributed by atoms with Gasteiger partial charge >= 0.3 is 12.1 Å². The van der Waals surface area contributed by atoms with E-state index in [9.17, 15) is 18.0 Å². The van der Waals surface area contributed by atoms with Crippen LogP contribution in [0.3, 0.4) is 0 Å². The number of ether oxygens (including phenoxy) is 1. The topological polar surface area (TPSA) is 26.3 Å². The summed E-state index contributed by atoms with van der Waals surface area (Å²) in [7, 11) is 0.946. The molecule has 72 valence electrons. The molecule has 0 aliphatic rings. The quantitative estimate of drug-likeness (QED) is 0.614. The molecule has 0 aromatic carbocycles. The largest absolute Gasteiger partial charge is 0.468 e. The van der Waals surface area contributed by atoms with Crippen LogP contribution in [-0.4, -0.2) is 19.3 Å². The zero-order valence-electron chi connectivity index (χ0n) is 7.16. The second-order valence-corrected chi connectivity index (χ2v) is 2.68. The molecule has 0 bridgehead atoms. The van der Waals surface area contributed by atoms with Gasteiger partial charge < -0.3 is 4.74 Å². The van der Waals surface area contributed by atoms with E-state index in [-0.39, 0.29) is 6.42 Å². The molecule has 2 nitrogen and oxygen atoms in total. The highest BCUT2D eigenvalue weighted by Crippen LogP contribution is 2.41. The molecule has 0 rings (SSSR count). The van der Waals surface area contributed by atoms with Crippen molar-refractivity contribution in [3.63, 3.8) is 0 Å². The second-order valence-electron chi connectivity index (χ2n) is 2.68. The third kappa shape index (κ3) is 1.70. The van der Waals surface area contributed by atoms with E-state index in [2.05, 4.69) is 4.74 Å². The Balaban J connectivity index is 4.80. The van der Waals surface area contributed by atoms with Gasteiger partial charge in [0.05, 0.1) is 7.11 Å². The van der Waals surface area contributed by atoms with Gasteiger partial charge in [-0.1, -0.05) is 6.92 Å². The molecule has 0 saturated heterocycles. The molecular formula is C7H11F3O2. The minimum Gasteiger partial charge on any atom is -0.468 e. The molecule has 1 unspecified atom stereocenters. The van der Waals surface area contributed by atoms with Crippen molar-refractivity contribution in [2.24, 2.45) is 5.41 Å². The van der Waals surface area contributed by atoms with E-state index >= 15 is 0 Å². The Hall–Kier alpha value is -0.740. The fourth-order valence-corrected chi connectivity index (χ4v) is 0.686. The lowest BCUT2D eigenvalue weighted by atomic mass is 9.87. The fourth-order valence-electron chi connectivity index (χ4n) is 0.686. The highest BCUT2D eigenvalue weighted by atomic mass is 19.4. The average Bonchev–Trinajstić information content (AvgIpc) is 1.99. The van der Waals surface area contributed by atoms with Gasteiger partial charge in [0, 0.05) is 0 Å². The third-order valence-corrected chi connectivity index (χ3v) is 1.97. The van der Waals surface area contributed by atoms with Gasteiger partial charge in [-0.3, -0.25) is 4.79 Å². The first kappa shape index (κ1) is 11.3. The van der Waals surface area contributed by atoms with Crippen molar-refractivity contribution >= 4 is 5.97 Å². The molecule has 0 spiro atoms. The maximum atomic E-state index is 12.2. The molecular weight excluding hydrogens is 173 g/mol. The standard InChI is InChI=1S/C7H11F3O2/c1-4-6(2,5(11)12-3)7(8,9)10/h4H2,1-3H3. The van der Waals surface area contributed by atoms with E-state index in [0.717, 1.165) is 14.0 Å². The first-order chi connectivity index (χ1) is 5.29. The van der Waals surface area contributed by atoms with Crippen LogP contribution in [0.2, 0.25) is 0 Å². The monoisotopic (exact) mass is 184 g/mol. The van der Waals surface area contributed by atoms with Crippen LogP contribution in [0.4, 0.5) is 13.2 Å². The van der Waals surface area contributed by atoms with Gasteiger partial charge in [-0.2, -0.15) is 13.2 Å². The van der Waals surface area contributed by atoms with Gasteiger partial charge in [0.25, 0.3) is 0 Å². The Labute approximate surface area is 68.7 Å². The molecule has 12 heavy (non-hydrogen) atoms. The predicted octanol–water partition coefficient (Wildman–Crippen LogP) is 2.14. The first-order valence-electron chi connectivity index (χ1n) is 3.44. The minimum absolute atomic E-state index is 0.316. The maximum Gasteiger partial charge on any atom is 0.404 e. The second kappa shape index (κ2) is 3.33. The Bertz CT molecular complexity index is 176. The summed E-state index contributed by atoms with van der Waals surface area (Å²) < 4.78 is 40.8. The van der Waals surface area contributed by atoms with E-state index in [1.165, 1.54) is 6.92 Å². The Morgan fingerprint density at radius 2 is 1.83 bits per heavy atom. The van der Waals surface area contributed by atoms with Crippen LogP contribution >= 0.6 is 0 Å². The number of carbonyl (C=O) groups excluding carboxylic acids is 1. The van der Waals surface area contributed by atoms with E-state index < -0.39 is 17.6 Å². The first-order valence-corrected chi connectivity index (χ1v) is 3.44. The minimum atomic E-state index is -4.55. The number of alkyl halides is 3. The molecule has 0 radical (unpaired) electrons. The summed E-state index contributed by atoms with van der Waals surface area (Å²) in [5.41, 5.74) is -2.37. The van der Waals surface area contributed by atoms with Gasteiger partial charge in [-0.25, -0.2) is 0 Å². The number of hydrogen-bond donors (Lipinski definition) is 0. The summed E-state index contributed by atoms with van der Waals surface area (Å²) in [6.45, 7) is 2.13. The molecule has 0 aliphatic heterocycles. The SMILES string of the molecule is CCC(C)(C(=O)OC)C(F)(F)F. The average molecular weight is 184 g/mol. The summed E-state index contributed by atoms with van der Waals surface area (Å²) in [4.78, 5) is 10.8. The number of hydrogen-bond acceptors (Lipinski definition) is 2. The Kier molecular flexibility index (Phi) is 3.12. The molecule has 0 fully saturated rings. The predicted molar refractivity (Wildman–Crippen MR) is 36.5 cm³/mol. The number of halogens is 3. The van der Waals surface area contributed by atoms with Crippen LogP contribution in [0.15, 0.2) is 0 Å². The van der Waals surface area contributed by atoms with Gasteiger partial charge in [-0.05, 0) is 13.3 Å². The molecule has 0 aliphatic carbocycles. The normalized spacial score (nSPS) is 16.8. The number of methoxy groups -OCH3 is 1. The maximum absolute atomic E-state index is 12.2. The molecule has 0 saturated carbocycles. The number of rotatable bonds is 2. The van der Waals surface area contributed by atoms with Crippen molar-refractivity contribution in [2.45, 2.75) is 26.4 Å². The molecule has 0 aromatic heterocycles. The lowest BCUT2D eigenvalue weighted by Crippen LogP contribution is -2.42. The lowest BCUT2D eigenvalue weighted by Gasteiger charge is -2.27. The summed E-state index contributed by atoms with van der Waals surface area (Å²) in [5.74, 6) is -1.24. The van der Waals surface area contributed by atoms with Crippen molar-refractivity contribution < 1.29 is 22.7 Å². The molecule has 1 atom stereocenters. The van der Waals surface area contributed by atoms with E-state index in [0.29, 0.717) is 0 Å². The summed E-state index contributed by atoms with van der Waals surface area (Å²) in [6, 6.07) is 0. The van der Waals surface area contributed by atoms with Crippen molar-refractivity contribution in [3.8, 4) is 0 Å². The summed E-state index contributed by atoms with van der Waals surface area (Å²) >= 11 is 0. The number of carbonyl (C=O) groups is 1. The van der Waals surface area contributed by atoms with E-state index in [1.54, 1.807) is 0 Å². The molecule has 0 aromatic rings. The van der Waals surface area contributed by atoms with E-state index in [4.69, 9.17) is 0 Å². The third-order valence-electron chi connectivity index (χ3n) is 1.97. The molecule has 5 heteroatoms. The van der Waals surface area contributed by atoms with Crippen LogP contribution in [-0.2, 0) is 9.53 Å².